The van der Waals surface area contributed by atoms with Crippen LogP contribution in [0.15, 0.2) is 54.6 Å². The third-order valence-corrected chi connectivity index (χ3v) is 4.91. The Bertz CT molecular complexity index is 738. The number of benzene rings is 2. The van der Waals surface area contributed by atoms with E-state index in [-0.39, 0.29) is 6.03 Å². The van der Waals surface area contributed by atoms with E-state index in [9.17, 15) is 4.79 Å². The fourth-order valence-electron chi connectivity index (χ4n) is 3.31. The maximum absolute atomic E-state index is 12.7. The van der Waals surface area contributed by atoms with Gasteiger partial charge in [-0.1, -0.05) is 42.5 Å². The van der Waals surface area contributed by atoms with Crippen LogP contribution in [0.3, 0.4) is 0 Å². The summed E-state index contributed by atoms with van der Waals surface area (Å²) >= 11 is 0. The van der Waals surface area contributed by atoms with Crippen molar-refractivity contribution in [2.24, 2.45) is 0 Å². The molecule has 1 N–H and O–H groups in total. The molecule has 0 bridgehead atoms. The summed E-state index contributed by atoms with van der Waals surface area (Å²) in [5.74, 6) is 0.871. The molecule has 0 saturated carbocycles. The van der Waals surface area contributed by atoms with Gasteiger partial charge in [-0.2, -0.15) is 0 Å². The number of urea groups is 1. The van der Waals surface area contributed by atoms with Gasteiger partial charge < -0.3 is 19.9 Å². The molecule has 1 fully saturated rings. The number of ether oxygens (including phenoxy) is 1. The van der Waals surface area contributed by atoms with E-state index in [2.05, 4.69) is 16.3 Å². The molecule has 0 spiro atoms. The average molecular weight is 353 g/mol. The molecule has 0 aromatic heterocycles. The predicted molar refractivity (Wildman–Crippen MR) is 105 cm³/mol. The highest BCUT2D eigenvalue weighted by Gasteiger charge is 2.28. The summed E-state index contributed by atoms with van der Waals surface area (Å²) in [6.07, 6.45) is 0. The third kappa shape index (κ3) is 3.93. The van der Waals surface area contributed by atoms with Crippen molar-refractivity contribution in [1.82, 2.24) is 10.2 Å². The number of amides is 2. The molecule has 2 amide bonds. The Kier molecular flexibility index (Phi) is 5.35. The minimum atomic E-state index is -0.405. The zero-order valence-electron chi connectivity index (χ0n) is 15.7. The molecular formula is C21H27N3O2. The summed E-state index contributed by atoms with van der Waals surface area (Å²) in [5.41, 5.74) is 1.78. The standard InChI is InChI=1S/C21H27N3O2/c1-21(2,17-9-5-4-6-10-17)22-20(25)24-15-13-23(14-16-24)18-11-7-8-12-19(18)26-3/h4-12H,13-16H2,1-3H3,(H,22,25). The van der Waals surface area contributed by atoms with Crippen LogP contribution in [0.2, 0.25) is 0 Å². The Morgan fingerprint density at radius 2 is 1.58 bits per heavy atom. The van der Waals surface area contributed by atoms with Crippen molar-refractivity contribution >= 4 is 11.7 Å². The average Bonchev–Trinajstić information content (AvgIpc) is 2.68. The number of rotatable bonds is 4. The number of carbonyl (C=O) groups is 1. The van der Waals surface area contributed by atoms with Crippen molar-refractivity contribution in [3.8, 4) is 5.75 Å². The quantitative estimate of drug-likeness (QED) is 0.915. The van der Waals surface area contributed by atoms with Crippen LogP contribution in [0.5, 0.6) is 5.75 Å². The van der Waals surface area contributed by atoms with Crippen LogP contribution in [-0.2, 0) is 5.54 Å². The van der Waals surface area contributed by atoms with E-state index in [0.717, 1.165) is 30.1 Å². The highest BCUT2D eigenvalue weighted by molar-refractivity contribution is 5.75. The van der Waals surface area contributed by atoms with E-state index in [1.807, 2.05) is 67.3 Å². The van der Waals surface area contributed by atoms with Gasteiger partial charge >= 0.3 is 6.03 Å². The lowest BCUT2D eigenvalue weighted by molar-refractivity contribution is 0.183. The normalized spacial score (nSPS) is 14.9. The lowest BCUT2D eigenvalue weighted by Crippen LogP contribution is -2.55. The van der Waals surface area contributed by atoms with Crippen LogP contribution >= 0.6 is 0 Å². The first-order chi connectivity index (χ1) is 12.5. The van der Waals surface area contributed by atoms with Crippen molar-refractivity contribution in [3.05, 3.63) is 60.2 Å². The first-order valence-electron chi connectivity index (χ1n) is 9.02. The molecule has 5 heteroatoms. The molecule has 1 heterocycles. The van der Waals surface area contributed by atoms with E-state index in [1.165, 1.54) is 0 Å². The molecule has 0 radical (unpaired) electrons. The molecule has 0 atom stereocenters. The zero-order chi connectivity index (χ0) is 18.6. The largest absolute Gasteiger partial charge is 0.495 e. The molecule has 26 heavy (non-hydrogen) atoms. The Labute approximate surface area is 155 Å². The van der Waals surface area contributed by atoms with Gasteiger partial charge in [-0.25, -0.2) is 4.79 Å². The minimum Gasteiger partial charge on any atom is -0.495 e. The first kappa shape index (κ1) is 18.1. The van der Waals surface area contributed by atoms with Crippen LogP contribution in [0.4, 0.5) is 10.5 Å². The summed E-state index contributed by atoms with van der Waals surface area (Å²) in [6.45, 7) is 7.03. The fraction of sp³-hybridized carbons (Fsp3) is 0.381. The zero-order valence-corrected chi connectivity index (χ0v) is 15.7. The van der Waals surface area contributed by atoms with Crippen LogP contribution in [0.1, 0.15) is 19.4 Å². The molecule has 1 aliphatic rings. The summed E-state index contributed by atoms with van der Waals surface area (Å²) in [5, 5.41) is 3.16. The minimum absolute atomic E-state index is 0.0153. The summed E-state index contributed by atoms with van der Waals surface area (Å²) < 4.78 is 5.45. The number of piperazine rings is 1. The van der Waals surface area contributed by atoms with E-state index in [4.69, 9.17) is 4.74 Å². The van der Waals surface area contributed by atoms with Gasteiger partial charge in [0.25, 0.3) is 0 Å². The highest BCUT2D eigenvalue weighted by atomic mass is 16.5. The number of carbonyl (C=O) groups excluding carboxylic acids is 1. The summed E-state index contributed by atoms with van der Waals surface area (Å²) in [6, 6.07) is 18.1. The Morgan fingerprint density at radius 3 is 2.23 bits per heavy atom. The molecule has 1 aliphatic heterocycles. The molecule has 2 aromatic carbocycles. The second-order valence-electron chi connectivity index (χ2n) is 7.07. The number of nitrogens with zero attached hydrogens (tertiary/aromatic N) is 2. The predicted octanol–water partition coefficient (Wildman–Crippen LogP) is 3.46. The molecule has 3 rings (SSSR count). The lowest BCUT2D eigenvalue weighted by atomic mass is 9.94. The van der Waals surface area contributed by atoms with E-state index >= 15 is 0 Å². The van der Waals surface area contributed by atoms with E-state index < -0.39 is 5.54 Å². The second kappa shape index (κ2) is 7.68. The van der Waals surface area contributed by atoms with E-state index in [0.29, 0.717) is 13.1 Å². The Morgan fingerprint density at radius 1 is 0.962 bits per heavy atom. The first-order valence-corrected chi connectivity index (χ1v) is 9.02. The van der Waals surface area contributed by atoms with Gasteiger partial charge in [0.05, 0.1) is 18.3 Å². The second-order valence-corrected chi connectivity index (χ2v) is 7.07. The van der Waals surface area contributed by atoms with Crippen LogP contribution in [-0.4, -0.2) is 44.2 Å². The molecule has 5 nitrogen and oxygen atoms in total. The van der Waals surface area contributed by atoms with Crippen molar-refractivity contribution < 1.29 is 9.53 Å². The van der Waals surface area contributed by atoms with Crippen LogP contribution in [0.25, 0.3) is 0 Å². The number of nitrogens with one attached hydrogen (secondary N) is 1. The van der Waals surface area contributed by atoms with Gasteiger partial charge in [0.2, 0.25) is 0 Å². The number of hydrogen-bond acceptors (Lipinski definition) is 3. The summed E-state index contributed by atoms with van der Waals surface area (Å²) in [4.78, 5) is 16.9. The van der Waals surface area contributed by atoms with Crippen LogP contribution < -0.4 is 15.0 Å². The highest BCUT2D eigenvalue weighted by Crippen LogP contribution is 2.28. The van der Waals surface area contributed by atoms with Crippen LogP contribution in [0, 0.1) is 0 Å². The number of hydrogen-bond donors (Lipinski definition) is 1. The number of para-hydroxylation sites is 2. The lowest BCUT2D eigenvalue weighted by Gasteiger charge is -2.38. The summed E-state index contributed by atoms with van der Waals surface area (Å²) in [7, 11) is 1.69. The SMILES string of the molecule is COc1ccccc1N1CCN(C(=O)NC(C)(C)c2ccccc2)CC1. The van der Waals surface area contributed by atoms with Crippen molar-refractivity contribution in [2.75, 3.05) is 38.2 Å². The van der Waals surface area contributed by atoms with Crippen molar-refractivity contribution in [3.63, 3.8) is 0 Å². The third-order valence-electron chi connectivity index (χ3n) is 4.91. The van der Waals surface area contributed by atoms with Crippen molar-refractivity contribution in [2.45, 2.75) is 19.4 Å². The Hall–Kier alpha value is -2.69. The van der Waals surface area contributed by atoms with Gasteiger partial charge in [-0.05, 0) is 31.5 Å². The topological polar surface area (TPSA) is 44.8 Å². The molecule has 138 valence electrons. The molecule has 1 saturated heterocycles. The van der Waals surface area contributed by atoms with E-state index in [1.54, 1.807) is 7.11 Å². The Balaban J connectivity index is 1.60. The van der Waals surface area contributed by atoms with Crippen molar-refractivity contribution in [1.29, 1.82) is 0 Å². The molecule has 0 aliphatic carbocycles. The smallest absolute Gasteiger partial charge is 0.318 e. The fourth-order valence-corrected chi connectivity index (χ4v) is 3.31. The molecule has 0 unspecified atom stereocenters. The monoisotopic (exact) mass is 353 g/mol. The molecule has 2 aromatic rings. The maximum atomic E-state index is 12.7. The van der Waals surface area contributed by atoms with Gasteiger partial charge in [0, 0.05) is 26.2 Å². The maximum Gasteiger partial charge on any atom is 0.318 e. The van der Waals surface area contributed by atoms with Gasteiger partial charge in [-0.3, -0.25) is 0 Å². The van der Waals surface area contributed by atoms with Gasteiger partial charge in [0.15, 0.2) is 0 Å². The number of methoxy groups -OCH3 is 1. The van der Waals surface area contributed by atoms with Gasteiger partial charge in [0.1, 0.15) is 5.75 Å². The molecular weight excluding hydrogens is 326 g/mol. The van der Waals surface area contributed by atoms with Gasteiger partial charge in [-0.15, -0.1) is 0 Å². The number of anilines is 1.